The van der Waals surface area contributed by atoms with Gasteiger partial charge in [-0.25, -0.2) is 15.4 Å². The zero-order valence-electron chi connectivity index (χ0n) is 23.7. The first-order chi connectivity index (χ1) is 20.5. The molecule has 2 saturated heterocycles. The van der Waals surface area contributed by atoms with Gasteiger partial charge in [0.2, 0.25) is 12.5 Å². The number of alkyl halides is 4. The maximum Gasteiger partial charge on any atom is 0.421 e. The summed E-state index contributed by atoms with van der Waals surface area (Å²) in [5.41, 5.74) is -0.478. The molecule has 3 atom stereocenters. The van der Waals surface area contributed by atoms with Crippen LogP contribution in [0, 0.1) is 12.4 Å². The summed E-state index contributed by atoms with van der Waals surface area (Å²) in [6.07, 6.45) is -4.10. The average molecular weight is 606 g/mol. The van der Waals surface area contributed by atoms with Crippen molar-refractivity contribution in [1.82, 2.24) is 19.8 Å². The normalized spacial score (nSPS) is 22.7. The van der Waals surface area contributed by atoms with E-state index < -0.39 is 29.8 Å². The molecule has 2 aromatic rings. The van der Waals surface area contributed by atoms with Crippen molar-refractivity contribution in [1.29, 1.82) is 0 Å². The highest BCUT2D eigenvalue weighted by Gasteiger charge is 2.40. The maximum atomic E-state index is 14.4. The predicted molar refractivity (Wildman–Crippen MR) is 149 cm³/mol. The van der Waals surface area contributed by atoms with Crippen molar-refractivity contribution in [2.45, 2.75) is 43.8 Å². The summed E-state index contributed by atoms with van der Waals surface area (Å²) in [6, 6.07) is 2.63. The summed E-state index contributed by atoms with van der Waals surface area (Å²) >= 11 is 0. The molecule has 5 rings (SSSR count). The van der Waals surface area contributed by atoms with E-state index in [1.54, 1.807) is 11.9 Å². The van der Waals surface area contributed by atoms with Crippen molar-refractivity contribution in [3.05, 3.63) is 64.9 Å². The lowest BCUT2D eigenvalue weighted by molar-refractivity contribution is -0.139. The van der Waals surface area contributed by atoms with E-state index in [0.717, 1.165) is 6.07 Å². The van der Waals surface area contributed by atoms with Crippen LogP contribution in [0.3, 0.4) is 0 Å². The molecule has 0 bridgehead atoms. The Balaban J connectivity index is 1.49. The minimum Gasteiger partial charge on any atom is -0.462 e. The highest BCUT2D eigenvalue weighted by Crippen LogP contribution is 2.40. The van der Waals surface area contributed by atoms with Crippen LogP contribution in [-0.2, 0) is 23.9 Å². The number of amides is 1. The number of halogens is 5. The SMILES string of the molecule is [C-]#[N+]CC1CN(c2nc(OC[C@H]3C[C@H](F)CN3C)nc3c2CCN(c2cccc(F)c2C(F)(F)F)C3)CCN1C(=O)C=C. The topological polar surface area (TPSA) is 69.4 Å². The van der Waals surface area contributed by atoms with Crippen molar-refractivity contribution in [3.8, 4) is 6.01 Å². The van der Waals surface area contributed by atoms with Crippen molar-refractivity contribution < 1.29 is 31.5 Å². The summed E-state index contributed by atoms with van der Waals surface area (Å²) in [7, 11) is 1.80. The molecule has 1 unspecified atom stereocenters. The molecule has 4 heterocycles. The molecule has 9 nitrogen and oxygen atoms in total. The summed E-state index contributed by atoms with van der Waals surface area (Å²) in [5.74, 6) is -1.12. The van der Waals surface area contributed by atoms with Crippen LogP contribution in [-0.4, -0.2) is 96.9 Å². The first-order valence-corrected chi connectivity index (χ1v) is 14.0. The monoisotopic (exact) mass is 605 g/mol. The fourth-order valence-corrected chi connectivity index (χ4v) is 6.07. The summed E-state index contributed by atoms with van der Waals surface area (Å²) < 4.78 is 75.8. The lowest BCUT2D eigenvalue weighted by Crippen LogP contribution is -2.56. The van der Waals surface area contributed by atoms with E-state index in [1.807, 2.05) is 9.80 Å². The number of hydrogen-bond donors (Lipinski definition) is 0. The zero-order valence-corrected chi connectivity index (χ0v) is 23.7. The highest BCUT2D eigenvalue weighted by atomic mass is 19.4. The number of likely N-dealkylation sites (N-methyl/N-ethyl adjacent to an activating group) is 1. The molecule has 2 fully saturated rings. The van der Waals surface area contributed by atoms with Gasteiger partial charge in [-0.1, -0.05) is 12.6 Å². The minimum atomic E-state index is -4.89. The Kier molecular flexibility index (Phi) is 8.73. The van der Waals surface area contributed by atoms with Crippen molar-refractivity contribution >= 4 is 17.4 Å². The molecule has 1 amide bonds. The number of aromatic nitrogens is 2. The molecule has 3 aliphatic rings. The van der Waals surface area contributed by atoms with Gasteiger partial charge in [0.1, 0.15) is 36.0 Å². The molecule has 1 aromatic heterocycles. The van der Waals surface area contributed by atoms with Crippen LogP contribution in [0.1, 0.15) is 23.2 Å². The number of carbonyl (C=O) groups is 1. The Morgan fingerprint density at radius 3 is 2.65 bits per heavy atom. The first-order valence-electron chi connectivity index (χ1n) is 14.0. The van der Waals surface area contributed by atoms with E-state index in [9.17, 15) is 26.7 Å². The molecule has 0 radical (unpaired) electrons. The Labute approximate surface area is 246 Å². The van der Waals surface area contributed by atoms with Crippen LogP contribution in [0.4, 0.5) is 33.5 Å². The van der Waals surface area contributed by atoms with E-state index in [2.05, 4.69) is 21.4 Å². The smallest absolute Gasteiger partial charge is 0.421 e. The van der Waals surface area contributed by atoms with Crippen LogP contribution >= 0.6 is 0 Å². The number of ether oxygens (including phenoxy) is 1. The zero-order chi connectivity index (χ0) is 30.9. The highest BCUT2D eigenvalue weighted by molar-refractivity contribution is 5.87. The van der Waals surface area contributed by atoms with E-state index in [1.165, 1.54) is 23.1 Å². The number of fused-ring (bicyclic) bond motifs is 1. The number of carbonyl (C=O) groups excluding carboxylic acids is 1. The summed E-state index contributed by atoms with van der Waals surface area (Å²) in [6.45, 7) is 12.5. The number of piperazine rings is 1. The van der Waals surface area contributed by atoms with E-state index in [4.69, 9.17) is 11.3 Å². The quantitative estimate of drug-likeness (QED) is 0.271. The lowest BCUT2D eigenvalue weighted by atomic mass is 10.0. The van der Waals surface area contributed by atoms with Gasteiger partial charge in [0.15, 0.2) is 0 Å². The van der Waals surface area contributed by atoms with Crippen LogP contribution in [0.2, 0.25) is 0 Å². The Morgan fingerprint density at radius 1 is 1.19 bits per heavy atom. The molecule has 1 aromatic carbocycles. The number of anilines is 2. The number of likely N-dealkylation sites (tertiary alicyclic amines) is 1. The van der Waals surface area contributed by atoms with Crippen LogP contribution < -0.4 is 14.5 Å². The van der Waals surface area contributed by atoms with E-state index in [-0.39, 0.29) is 62.9 Å². The number of benzene rings is 1. The van der Waals surface area contributed by atoms with Crippen LogP contribution in [0.15, 0.2) is 30.9 Å². The number of nitrogens with zero attached hydrogens (tertiary/aromatic N) is 7. The van der Waals surface area contributed by atoms with Gasteiger partial charge in [0.05, 0.1) is 17.9 Å². The fourth-order valence-electron chi connectivity index (χ4n) is 6.07. The summed E-state index contributed by atoms with van der Waals surface area (Å²) in [4.78, 5) is 32.0. The minimum absolute atomic E-state index is 0.00655. The molecule has 0 spiro atoms. The first kappa shape index (κ1) is 30.5. The van der Waals surface area contributed by atoms with Gasteiger partial charge in [-0.3, -0.25) is 9.69 Å². The molecule has 0 aliphatic carbocycles. The average Bonchev–Trinajstić information content (AvgIpc) is 3.30. The van der Waals surface area contributed by atoms with Gasteiger partial charge in [-0.15, -0.1) is 0 Å². The van der Waals surface area contributed by atoms with Crippen LogP contribution in [0.25, 0.3) is 4.85 Å². The predicted octanol–water partition coefficient (Wildman–Crippen LogP) is 3.74. The van der Waals surface area contributed by atoms with Crippen molar-refractivity contribution in [2.75, 3.05) is 62.7 Å². The molecular weight excluding hydrogens is 573 g/mol. The van der Waals surface area contributed by atoms with Crippen molar-refractivity contribution in [3.63, 3.8) is 0 Å². The molecule has 43 heavy (non-hydrogen) atoms. The number of rotatable bonds is 7. The third kappa shape index (κ3) is 6.36. The third-order valence-electron chi connectivity index (χ3n) is 8.22. The molecule has 0 saturated carbocycles. The molecule has 230 valence electrons. The Bertz CT molecular complexity index is 1410. The summed E-state index contributed by atoms with van der Waals surface area (Å²) in [5, 5.41) is 0. The van der Waals surface area contributed by atoms with E-state index in [0.29, 0.717) is 43.1 Å². The second-order valence-electron chi connectivity index (χ2n) is 11.0. The Hall–Kier alpha value is -3.99. The van der Waals surface area contributed by atoms with Gasteiger partial charge in [-0.2, -0.15) is 23.1 Å². The second kappa shape index (κ2) is 12.3. The van der Waals surface area contributed by atoms with Gasteiger partial charge in [-0.05, 0) is 38.1 Å². The molecule has 3 aliphatic heterocycles. The largest absolute Gasteiger partial charge is 0.462 e. The van der Waals surface area contributed by atoms with Gasteiger partial charge in [0, 0.05) is 44.3 Å². The lowest BCUT2D eigenvalue weighted by Gasteiger charge is -2.41. The molecule has 0 N–H and O–H groups in total. The van der Waals surface area contributed by atoms with E-state index >= 15 is 0 Å². The van der Waals surface area contributed by atoms with Gasteiger partial charge >= 0.3 is 12.2 Å². The van der Waals surface area contributed by atoms with Crippen molar-refractivity contribution in [2.24, 2.45) is 0 Å². The fraction of sp³-hybridized carbons (Fsp3) is 0.517. The van der Waals surface area contributed by atoms with Gasteiger partial charge < -0.3 is 24.3 Å². The van der Waals surface area contributed by atoms with Crippen LogP contribution in [0.5, 0.6) is 6.01 Å². The van der Waals surface area contributed by atoms with Gasteiger partial charge in [0.25, 0.3) is 0 Å². The third-order valence-corrected chi connectivity index (χ3v) is 8.22. The number of hydrogen-bond acceptors (Lipinski definition) is 7. The molecular formula is C29H32F5N7O2. The second-order valence-corrected chi connectivity index (χ2v) is 11.0. The molecule has 14 heteroatoms. The Morgan fingerprint density at radius 2 is 1.98 bits per heavy atom. The maximum absolute atomic E-state index is 14.4. The standard InChI is InChI=1S/C29H32F5N7O2/c1-4-25(42)41-11-10-40(15-20(41)13-35-2)27-21-8-9-39(24-7-5-6-22(31)26(24)29(32,33)34)16-23(21)36-28(37-27)43-17-19-12-18(30)14-38(19)3/h4-7,18-20H,1,8-17H2,3H3/t18-,19+,20?/m0/s1.